The lowest BCUT2D eigenvalue weighted by Crippen LogP contribution is -2.22. The van der Waals surface area contributed by atoms with Gasteiger partial charge in [-0.3, -0.25) is 0 Å². The summed E-state index contributed by atoms with van der Waals surface area (Å²) in [7, 11) is 0. The lowest BCUT2D eigenvalue weighted by Gasteiger charge is -2.33. The summed E-state index contributed by atoms with van der Waals surface area (Å²) in [6, 6.07) is 26.0. The fourth-order valence-electron chi connectivity index (χ4n) is 5.11. The van der Waals surface area contributed by atoms with Crippen molar-refractivity contribution in [3.63, 3.8) is 0 Å². The molecule has 5 rings (SSSR count). The molecule has 1 aliphatic rings. The van der Waals surface area contributed by atoms with Gasteiger partial charge in [-0.2, -0.15) is 0 Å². The largest absolute Gasteiger partial charge is 0.457 e. The first kappa shape index (κ1) is 23.3. The standard InChI is InChI=1S/C30H29ClN2O2/c1-3-33(4-2)20-13-14-24-27(17-20)35-26-16-15-23(22-11-7-8-12-25(22)31)30(32)29(26)28(24)21-10-6-5-9-19(21)18-34/h5-17,28,34H,3-4,18,32H2,1-2H3. The number of nitrogens with zero attached hydrogens (tertiary/aromatic N) is 1. The van der Waals surface area contributed by atoms with Crippen LogP contribution in [0.4, 0.5) is 11.4 Å². The van der Waals surface area contributed by atoms with Crippen LogP contribution in [0.25, 0.3) is 11.1 Å². The molecule has 0 bridgehead atoms. The van der Waals surface area contributed by atoms with Gasteiger partial charge < -0.3 is 20.5 Å². The van der Waals surface area contributed by atoms with E-state index < -0.39 is 0 Å². The van der Waals surface area contributed by atoms with Crippen molar-refractivity contribution in [2.75, 3.05) is 23.7 Å². The van der Waals surface area contributed by atoms with E-state index >= 15 is 0 Å². The minimum atomic E-state index is -0.190. The SMILES string of the molecule is CCN(CC)c1ccc2c(c1)Oc1ccc(-c3ccccc3Cl)c(N)c1C2c1ccccc1CO. The Bertz CT molecular complexity index is 1380. The lowest BCUT2D eigenvalue weighted by atomic mass is 9.78. The van der Waals surface area contributed by atoms with Crippen molar-refractivity contribution in [1.82, 2.24) is 0 Å². The molecule has 4 aromatic carbocycles. The molecule has 3 N–H and O–H groups in total. The van der Waals surface area contributed by atoms with Crippen LogP contribution in [0.2, 0.25) is 5.02 Å². The van der Waals surface area contributed by atoms with Gasteiger partial charge in [0.05, 0.1) is 6.61 Å². The number of ether oxygens (including phenoxy) is 1. The molecule has 0 saturated carbocycles. The third-order valence-electron chi connectivity index (χ3n) is 6.89. The first-order chi connectivity index (χ1) is 17.1. The van der Waals surface area contributed by atoms with E-state index in [4.69, 9.17) is 22.1 Å². The van der Waals surface area contributed by atoms with Crippen molar-refractivity contribution in [3.8, 4) is 22.6 Å². The highest BCUT2D eigenvalue weighted by atomic mass is 35.5. The Hall–Kier alpha value is -3.47. The second kappa shape index (κ2) is 9.65. The number of nitrogens with two attached hydrogens (primary N) is 1. The molecule has 0 spiro atoms. The number of halogens is 1. The van der Waals surface area contributed by atoms with Gasteiger partial charge in [-0.05, 0) is 49.2 Å². The fraction of sp³-hybridized carbons (Fsp3) is 0.200. The smallest absolute Gasteiger partial charge is 0.133 e. The molecule has 178 valence electrons. The maximum atomic E-state index is 10.2. The quantitative estimate of drug-likeness (QED) is 0.250. The summed E-state index contributed by atoms with van der Waals surface area (Å²) in [6.07, 6.45) is 0. The Kier molecular flexibility index (Phi) is 6.42. The van der Waals surface area contributed by atoms with Crippen molar-refractivity contribution in [3.05, 3.63) is 106 Å². The van der Waals surface area contributed by atoms with Crippen LogP contribution in [-0.4, -0.2) is 18.2 Å². The third kappa shape index (κ3) is 4.03. The predicted octanol–water partition coefficient (Wildman–Crippen LogP) is 7.21. The molecule has 5 heteroatoms. The third-order valence-corrected chi connectivity index (χ3v) is 7.22. The second-order valence-electron chi connectivity index (χ2n) is 8.70. The Morgan fingerprint density at radius 2 is 1.60 bits per heavy atom. The van der Waals surface area contributed by atoms with Crippen LogP contribution in [0.3, 0.4) is 0 Å². The van der Waals surface area contributed by atoms with E-state index in [1.165, 1.54) is 0 Å². The van der Waals surface area contributed by atoms with E-state index in [1.807, 2.05) is 54.6 Å². The molecule has 35 heavy (non-hydrogen) atoms. The summed E-state index contributed by atoms with van der Waals surface area (Å²) in [5.41, 5.74) is 14.2. The fourth-order valence-corrected chi connectivity index (χ4v) is 5.35. The highest BCUT2D eigenvalue weighted by Crippen LogP contribution is 2.53. The molecule has 1 atom stereocenters. The highest BCUT2D eigenvalue weighted by molar-refractivity contribution is 6.33. The highest BCUT2D eigenvalue weighted by Gasteiger charge is 2.33. The molecule has 0 amide bonds. The monoisotopic (exact) mass is 484 g/mol. The molecule has 0 fully saturated rings. The van der Waals surface area contributed by atoms with Crippen molar-refractivity contribution in [2.24, 2.45) is 0 Å². The molecular formula is C30H29ClN2O2. The molecule has 0 saturated heterocycles. The van der Waals surface area contributed by atoms with Crippen molar-refractivity contribution in [2.45, 2.75) is 26.4 Å². The van der Waals surface area contributed by atoms with Gasteiger partial charge in [0.1, 0.15) is 11.5 Å². The van der Waals surface area contributed by atoms with Crippen LogP contribution in [0.5, 0.6) is 11.5 Å². The Morgan fingerprint density at radius 3 is 2.34 bits per heavy atom. The normalized spacial score (nSPS) is 14.1. The minimum Gasteiger partial charge on any atom is -0.457 e. The van der Waals surface area contributed by atoms with Gasteiger partial charge in [0, 0.05) is 63.7 Å². The van der Waals surface area contributed by atoms with Crippen molar-refractivity contribution >= 4 is 23.0 Å². The van der Waals surface area contributed by atoms with Gasteiger partial charge in [0.2, 0.25) is 0 Å². The van der Waals surface area contributed by atoms with Gasteiger partial charge in [-0.15, -0.1) is 0 Å². The maximum Gasteiger partial charge on any atom is 0.133 e. The van der Waals surface area contributed by atoms with Crippen LogP contribution in [-0.2, 0) is 6.61 Å². The number of hydrogen-bond donors (Lipinski definition) is 2. The topological polar surface area (TPSA) is 58.7 Å². The zero-order valence-corrected chi connectivity index (χ0v) is 20.7. The van der Waals surface area contributed by atoms with Gasteiger partial charge in [-0.25, -0.2) is 0 Å². The van der Waals surface area contributed by atoms with Gasteiger partial charge in [0.25, 0.3) is 0 Å². The van der Waals surface area contributed by atoms with E-state index in [1.54, 1.807) is 0 Å². The minimum absolute atomic E-state index is 0.0557. The summed E-state index contributed by atoms with van der Waals surface area (Å²) in [4.78, 5) is 2.30. The van der Waals surface area contributed by atoms with Gasteiger partial charge >= 0.3 is 0 Å². The summed E-state index contributed by atoms with van der Waals surface area (Å²) >= 11 is 6.55. The van der Waals surface area contributed by atoms with Crippen molar-refractivity contribution in [1.29, 1.82) is 0 Å². The van der Waals surface area contributed by atoms with Gasteiger partial charge in [-0.1, -0.05) is 60.1 Å². The van der Waals surface area contributed by atoms with E-state index in [9.17, 15) is 5.11 Å². The first-order valence-corrected chi connectivity index (χ1v) is 12.4. The molecule has 1 heterocycles. The van der Waals surface area contributed by atoms with E-state index in [-0.39, 0.29) is 12.5 Å². The molecule has 1 aliphatic heterocycles. The molecule has 0 aromatic heterocycles. The van der Waals surface area contributed by atoms with Crippen LogP contribution in [0.15, 0.2) is 78.9 Å². The number of nitrogen functional groups attached to an aromatic ring is 1. The van der Waals surface area contributed by atoms with E-state index in [0.717, 1.165) is 63.7 Å². The van der Waals surface area contributed by atoms with Crippen LogP contribution in [0.1, 0.15) is 42.0 Å². The summed E-state index contributed by atoms with van der Waals surface area (Å²) < 4.78 is 6.48. The average Bonchev–Trinajstić information content (AvgIpc) is 2.89. The Balaban J connectivity index is 1.76. The molecule has 4 aromatic rings. The number of hydrogen-bond acceptors (Lipinski definition) is 4. The van der Waals surface area contributed by atoms with Crippen LogP contribution < -0.4 is 15.4 Å². The zero-order valence-electron chi connectivity index (χ0n) is 20.0. The molecule has 1 unspecified atom stereocenters. The Morgan fingerprint density at radius 1 is 0.857 bits per heavy atom. The Labute approximate surface area is 211 Å². The van der Waals surface area contributed by atoms with Crippen LogP contribution >= 0.6 is 11.6 Å². The van der Waals surface area contributed by atoms with E-state index in [2.05, 4.69) is 43.0 Å². The molecule has 0 aliphatic carbocycles. The lowest BCUT2D eigenvalue weighted by molar-refractivity contribution is 0.280. The average molecular weight is 485 g/mol. The molecule has 4 nitrogen and oxygen atoms in total. The number of aliphatic hydroxyl groups is 1. The van der Waals surface area contributed by atoms with E-state index in [0.29, 0.717) is 10.7 Å². The van der Waals surface area contributed by atoms with Crippen molar-refractivity contribution < 1.29 is 9.84 Å². The van der Waals surface area contributed by atoms with Gasteiger partial charge in [0.15, 0.2) is 0 Å². The number of fused-ring (bicyclic) bond motifs is 2. The number of anilines is 2. The number of rotatable bonds is 6. The summed E-state index contributed by atoms with van der Waals surface area (Å²) in [5.74, 6) is 1.34. The molecule has 0 radical (unpaired) electrons. The number of aliphatic hydroxyl groups excluding tert-OH is 1. The zero-order chi connectivity index (χ0) is 24.5. The predicted molar refractivity (Wildman–Crippen MR) is 145 cm³/mol. The second-order valence-corrected chi connectivity index (χ2v) is 9.11. The number of benzene rings is 4. The first-order valence-electron chi connectivity index (χ1n) is 12.0. The summed E-state index contributed by atoms with van der Waals surface area (Å²) in [6.45, 7) is 6.07. The van der Waals surface area contributed by atoms with Crippen LogP contribution in [0, 0.1) is 0 Å². The molecular weight excluding hydrogens is 456 g/mol. The summed E-state index contributed by atoms with van der Waals surface area (Å²) in [5, 5.41) is 10.8. The maximum absolute atomic E-state index is 10.2.